The molecule has 0 radical (unpaired) electrons. The van der Waals surface area contributed by atoms with E-state index in [2.05, 4.69) is 19.2 Å². The lowest BCUT2D eigenvalue weighted by Gasteiger charge is -2.17. The Morgan fingerprint density at radius 1 is 1.17 bits per heavy atom. The van der Waals surface area contributed by atoms with Crippen LogP contribution >= 0.6 is 0 Å². The summed E-state index contributed by atoms with van der Waals surface area (Å²) in [5, 5.41) is 31.9. The van der Waals surface area contributed by atoms with Crippen molar-refractivity contribution in [3.63, 3.8) is 0 Å². The van der Waals surface area contributed by atoms with E-state index in [0.717, 1.165) is 19.3 Å². The molecule has 0 saturated carbocycles. The summed E-state index contributed by atoms with van der Waals surface area (Å²) in [4.78, 5) is 0. The highest BCUT2D eigenvalue weighted by molar-refractivity contribution is 5.37. The molecule has 0 aromatic heterocycles. The number of unbranched alkanes of at least 4 members (excludes halogenated alkanes) is 1. The number of phenols is 2. The smallest absolute Gasteiger partial charge is 0.119 e. The number of benzene rings is 1. The number of hydrogen-bond donors (Lipinski definition) is 4. The molecule has 0 amide bonds. The highest BCUT2D eigenvalue weighted by atomic mass is 16.3. The molecular weight excluding hydrogens is 230 g/mol. The number of phenolic OH excluding ortho intramolecular Hbond substituents is 2. The third-order valence-electron chi connectivity index (χ3n) is 2.96. The first-order valence-electron chi connectivity index (χ1n) is 6.47. The Kier molecular flexibility index (Phi) is 5.95. The molecule has 0 saturated heterocycles. The summed E-state index contributed by atoms with van der Waals surface area (Å²) in [5.41, 5.74) is 0.516. The first-order valence-corrected chi connectivity index (χ1v) is 6.47. The van der Waals surface area contributed by atoms with Crippen LogP contribution in [0.25, 0.3) is 0 Å². The number of aliphatic hydroxyl groups excluding tert-OH is 1. The van der Waals surface area contributed by atoms with Gasteiger partial charge in [0.2, 0.25) is 0 Å². The zero-order chi connectivity index (χ0) is 13.5. The molecule has 0 aliphatic carbocycles. The quantitative estimate of drug-likeness (QED) is 0.601. The van der Waals surface area contributed by atoms with Crippen molar-refractivity contribution in [2.45, 2.75) is 45.3 Å². The number of aromatic hydroxyl groups is 2. The monoisotopic (exact) mass is 253 g/mol. The molecule has 0 fully saturated rings. The Morgan fingerprint density at radius 2 is 1.78 bits per heavy atom. The second kappa shape index (κ2) is 7.24. The highest BCUT2D eigenvalue weighted by Gasteiger charge is 2.11. The minimum atomic E-state index is -0.730. The molecule has 0 aliphatic heterocycles. The molecule has 4 heteroatoms. The number of nitrogens with one attached hydrogen (secondary N) is 1. The van der Waals surface area contributed by atoms with E-state index < -0.39 is 6.10 Å². The van der Waals surface area contributed by atoms with Gasteiger partial charge in [0.25, 0.3) is 0 Å². The van der Waals surface area contributed by atoms with Crippen molar-refractivity contribution in [3.8, 4) is 11.5 Å². The van der Waals surface area contributed by atoms with Gasteiger partial charge in [-0.2, -0.15) is 0 Å². The number of rotatable bonds is 7. The molecule has 1 aromatic carbocycles. The van der Waals surface area contributed by atoms with Crippen LogP contribution in [0.3, 0.4) is 0 Å². The zero-order valence-electron chi connectivity index (χ0n) is 11.1. The van der Waals surface area contributed by atoms with Gasteiger partial charge in [0.05, 0.1) is 6.10 Å². The van der Waals surface area contributed by atoms with Crippen LogP contribution in [0.15, 0.2) is 18.2 Å². The first kappa shape index (κ1) is 14.8. The van der Waals surface area contributed by atoms with Crippen molar-refractivity contribution in [1.82, 2.24) is 5.32 Å². The molecule has 0 bridgehead atoms. The average molecular weight is 253 g/mol. The summed E-state index contributed by atoms with van der Waals surface area (Å²) in [6.07, 6.45) is 2.67. The third-order valence-corrected chi connectivity index (χ3v) is 2.96. The molecule has 1 rings (SSSR count). The Bertz CT molecular complexity index is 348. The molecule has 102 valence electrons. The highest BCUT2D eigenvalue weighted by Crippen LogP contribution is 2.24. The SMILES string of the molecule is CCCC[C@H](C)NC[C@H](O)c1cc(O)cc(O)c1. The van der Waals surface area contributed by atoms with Gasteiger partial charge in [-0.05, 0) is 31.0 Å². The fraction of sp³-hybridized carbons (Fsp3) is 0.571. The van der Waals surface area contributed by atoms with E-state index in [1.54, 1.807) is 0 Å². The third kappa shape index (κ3) is 4.94. The van der Waals surface area contributed by atoms with Gasteiger partial charge >= 0.3 is 0 Å². The van der Waals surface area contributed by atoms with Gasteiger partial charge in [-0.3, -0.25) is 0 Å². The summed E-state index contributed by atoms with van der Waals surface area (Å²) < 4.78 is 0. The van der Waals surface area contributed by atoms with Crippen LogP contribution in [0, 0.1) is 0 Å². The lowest BCUT2D eigenvalue weighted by atomic mass is 10.1. The van der Waals surface area contributed by atoms with E-state index in [0.29, 0.717) is 18.2 Å². The van der Waals surface area contributed by atoms with Gasteiger partial charge in [0.15, 0.2) is 0 Å². The average Bonchev–Trinajstić information content (AvgIpc) is 2.32. The molecule has 18 heavy (non-hydrogen) atoms. The maximum Gasteiger partial charge on any atom is 0.119 e. The van der Waals surface area contributed by atoms with E-state index in [4.69, 9.17) is 0 Å². The molecular formula is C14H23NO3. The van der Waals surface area contributed by atoms with Crippen LogP contribution in [-0.2, 0) is 0 Å². The van der Waals surface area contributed by atoms with Gasteiger partial charge in [-0.25, -0.2) is 0 Å². The maximum absolute atomic E-state index is 9.96. The van der Waals surface area contributed by atoms with Crippen LogP contribution in [0.2, 0.25) is 0 Å². The topological polar surface area (TPSA) is 72.7 Å². The van der Waals surface area contributed by atoms with Crippen molar-refractivity contribution in [3.05, 3.63) is 23.8 Å². The summed E-state index contributed by atoms with van der Waals surface area (Å²) in [6, 6.07) is 4.52. The van der Waals surface area contributed by atoms with Gasteiger partial charge in [-0.15, -0.1) is 0 Å². The molecule has 2 atom stereocenters. The second-order valence-electron chi connectivity index (χ2n) is 4.75. The molecule has 4 nitrogen and oxygen atoms in total. The van der Waals surface area contributed by atoms with Crippen molar-refractivity contribution in [2.24, 2.45) is 0 Å². The number of aliphatic hydroxyl groups is 1. The van der Waals surface area contributed by atoms with Gasteiger partial charge in [0.1, 0.15) is 11.5 Å². The summed E-state index contributed by atoms with van der Waals surface area (Å²) in [5.74, 6) is -0.0776. The predicted octanol–water partition coefficient (Wildman–Crippen LogP) is 2.30. The van der Waals surface area contributed by atoms with Crippen LogP contribution in [0.5, 0.6) is 11.5 Å². The minimum Gasteiger partial charge on any atom is -0.508 e. The lowest BCUT2D eigenvalue weighted by molar-refractivity contribution is 0.169. The fourth-order valence-electron chi connectivity index (χ4n) is 1.85. The Labute approximate surface area is 108 Å². The van der Waals surface area contributed by atoms with Gasteiger partial charge < -0.3 is 20.6 Å². The van der Waals surface area contributed by atoms with E-state index in [-0.39, 0.29) is 11.5 Å². The maximum atomic E-state index is 9.96. The van der Waals surface area contributed by atoms with Crippen LogP contribution in [0.4, 0.5) is 0 Å². The van der Waals surface area contributed by atoms with Gasteiger partial charge in [0, 0.05) is 18.7 Å². The van der Waals surface area contributed by atoms with Crippen molar-refractivity contribution >= 4 is 0 Å². The van der Waals surface area contributed by atoms with E-state index in [9.17, 15) is 15.3 Å². The van der Waals surface area contributed by atoms with Gasteiger partial charge in [-0.1, -0.05) is 19.8 Å². The van der Waals surface area contributed by atoms with Crippen molar-refractivity contribution in [1.29, 1.82) is 0 Å². The second-order valence-corrected chi connectivity index (χ2v) is 4.75. The zero-order valence-corrected chi connectivity index (χ0v) is 11.1. The molecule has 1 aromatic rings. The normalized spacial score (nSPS) is 14.4. The Hall–Kier alpha value is -1.26. The van der Waals surface area contributed by atoms with Crippen LogP contribution in [0.1, 0.15) is 44.8 Å². The Balaban J connectivity index is 2.47. The van der Waals surface area contributed by atoms with E-state index >= 15 is 0 Å². The Morgan fingerprint density at radius 3 is 2.33 bits per heavy atom. The molecule has 0 aliphatic rings. The lowest BCUT2D eigenvalue weighted by Crippen LogP contribution is -2.30. The van der Waals surface area contributed by atoms with Crippen molar-refractivity contribution < 1.29 is 15.3 Å². The first-order chi connectivity index (χ1) is 8.52. The van der Waals surface area contributed by atoms with E-state index in [1.165, 1.54) is 18.2 Å². The van der Waals surface area contributed by atoms with Crippen LogP contribution < -0.4 is 5.32 Å². The standard InChI is InChI=1S/C14H23NO3/c1-3-4-5-10(2)15-9-14(18)11-6-12(16)8-13(17)7-11/h6-8,10,14-18H,3-5,9H2,1-2H3/t10-,14-/m0/s1. The van der Waals surface area contributed by atoms with Crippen molar-refractivity contribution in [2.75, 3.05) is 6.54 Å². The molecule has 0 spiro atoms. The molecule has 4 N–H and O–H groups in total. The molecule has 0 heterocycles. The van der Waals surface area contributed by atoms with Crippen LogP contribution in [-0.4, -0.2) is 27.9 Å². The van der Waals surface area contributed by atoms with E-state index in [1.807, 2.05) is 0 Å². The summed E-state index contributed by atoms with van der Waals surface area (Å²) in [7, 11) is 0. The summed E-state index contributed by atoms with van der Waals surface area (Å²) >= 11 is 0. The predicted molar refractivity (Wildman–Crippen MR) is 71.7 cm³/mol. The largest absolute Gasteiger partial charge is 0.508 e. The summed E-state index contributed by atoms with van der Waals surface area (Å²) in [6.45, 7) is 4.65. The molecule has 0 unspecified atom stereocenters. The minimum absolute atomic E-state index is 0.0388. The number of hydrogen-bond acceptors (Lipinski definition) is 4. The fourth-order valence-corrected chi connectivity index (χ4v) is 1.85.